The summed E-state index contributed by atoms with van der Waals surface area (Å²) in [5.41, 5.74) is 4.23. The first-order valence-electron chi connectivity index (χ1n) is 13.2. The van der Waals surface area contributed by atoms with Gasteiger partial charge in [0.15, 0.2) is 17.0 Å². The van der Waals surface area contributed by atoms with Crippen molar-refractivity contribution in [3.05, 3.63) is 60.3 Å². The van der Waals surface area contributed by atoms with Gasteiger partial charge in [0.2, 0.25) is 11.8 Å². The van der Waals surface area contributed by atoms with E-state index in [-0.39, 0.29) is 12.0 Å². The first-order valence-corrected chi connectivity index (χ1v) is 13.2. The van der Waals surface area contributed by atoms with E-state index >= 15 is 0 Å². The van der Waals surface area contributed by atoms with Gasteiger partial charge in [0.25, 0.3) is 0 Å². The standard InChI is InChI=1S/C29H28N6O3/c1-17-4-2-6-22-25(17)38-28(32-22)18-9-11-21(12-10-18)37-23-13-14-30-26-24(23)27(34-33-26)31-20-5-3-15-35(16-20)29(36)19-7-8-19/h2,4,6,9-14,19-20H,3,5,7-8,15-16H2,1H3,(H2,30,31,33,34). The number of rotatable bonds is 6. The van der Waals surface area contributed by atoms with Gasteiger partial charge >= 0.3 is 0 Å². The molecule has 192 valence electrons. The zero-order valence-electron chi connectivity index (χ0n) is 21.1. The maximum Gasteiger partial charge on any atom is 0.227 e. The van der Waals surface area contributed by atoms with Crippen molar-refractivity contribution in [2.24, 2.45) is 5.92 Å². The Morgan fingerprint density at radius 3 is 2.82 bits per heavy atom. The molecule has 1 atom stereocenters. The second-order valence-electron chi connectivity index (χ2n) is 10.2. The third-order valence-electron chi connectivity index (χ3n) is 7.36. The molecule has 2 aromatic carbocycles. The normalized spacial score (nSPS) is 17.7. The zero-order valence-corrected chi connectivity index (χ0v) is 21.1. The molecule has 1 aliphatic carbocycles. The van der Waals surface area contributed by atoms with Crippen LogP contribution in [-0.4, -0.2) is 50.1 Å². The number of likely N-dealkylation sites (tertiary alicyclic amines) is 1. The van der Waals surface area contributed by atoms with Gasteiger partial charge in [0.05, 0.1) is 0 Å². The summed E-state index contributed by atoms with van der Waals surface area (Å²) in [6.07, 6.45) is 5.71. The molecule has 3 aromatic heterocycles. The number of fused-ring (bicyclic) bond motifs is 2. The van der Waals surface area contributed by atoms with Gasteiger partial charge in [0, 0.05) is 42.9 Å². The van der Waals surface area contributed by atoms with Crippen LogP contribution in [0.4, 0.5) is 5.82 Å². The molecule has 2 aliphatic rings. The van der Waals surface area contributed by atoms with Crippen LogP contribution < -0.4 is 10.1 Å². The van der Waals surface area contributed by atoms with Gasteiger partial charge in [-0.15, -0.1) is 0 Å². The number of nitrogens with one attached hydrogen (secondary N) is 2. The molecule has 4 heterocycles. The van der Waals surface area contributed by atoms with Gasteiger partial charge in [-0.2, -0.15) is 5.10 Å². The van der Waals surface area contributed by atoms with E-state index in [4.69, 9.17) is 9.15 Å². The highest BCUT2D eigenvalue weighted by Gasteiger charge is 2.35. The number of piperidine rings is 1. The van der Waals surface area contributed by atoms with Gasteiger partial charge < -0.3 is 19.4 Å². The summed E-state index contributed by atoms with van der Waals surface area (Å²) in [5, 5.41) is 11.8. The highest BCUT2D eigenvalue weighted by Crippen LogP contribution is 2.36. The highest BCUT2D eigenvalue weighted by atomic mass is 16.5. The number of amides is 1. The highest BCUT2D eigenvalue weighted by molar-refractivity contribution is 5.93. The number of pyridine rings is 1. The monoisotopic (exact) mass is 508 g/mol. The molecule has 5 aromatic rings. The molecule has 9 nitrogen and oxygen atoms in total. The lowest BCUT2D eigenvalue weighted by Gasteiger charge is -2.33. The minimum atomic E-state index is 0.130. The Kier molecular flexibility index (Phi) is 5.49. The van der Waals surface area contributed by atoms with Crippen molar-refractivity contribution < 1.29 is 13.9 Å². The Morgan fingerprint density at radius 1 is 1.13 bits per heavy atom. The number of benzene rings is 2. The van der Waals surface area contributed by atoms with Gasteiger partial charge in [0.1, 0.15) is 22.4 Å². The van der Waals surface area contributed by atoms with E-state index in [9.17, 15) is 4.79 Å². The summed E-state index contributed by atoms with van der Waals surface area (Å²) < 4.78 is 12.3. The number of anilines is 1. The third-order valence-corrected chi connectivity index (χ3v) is 7.36. The number of hydrogen-bond acceptors (Lipinski definition) is 7. The molecule has 2 fully saturated rings. The van der Waals surface area contributed by atoms with E-state index in [0.29, 0.717) is 41.3 Å². The van der Waals surface area contributed by atoms with E-state index < -0.39 is 0 Å². The fourth-order valence-electron chi connectivity index (χ4n) is 5.19. The minimum absolute atomic E-state index is 0.130. The van der Waals surface area contributed by atoms with E-state index in [1.165, 1.54) is 0 Å². The van der Waals surface area contributed by atoms with Crippen molar-refractivity contribution in [1.29, 1.82) is 0 Å². The predicted molar refractivity (Wildman–Crippen MR) is 144 cm³/mol. The molecule has 0 spiro atoms. The van der Waals surface area contributed by atoms with Crippen LogP contribution in [0.25, 0.3) is 33.6 Å². The van der Waals surface area contributed by atoms with Crippen molar-refractivity contribution in [1.82, 2.24) is 25.1 Å². The van der Waals surface area contributed by atoms with Crippen LogP contribution in [0.2, 0.25) is 0 Å². The smallest absolute Gasteiger partial charge is 0.227 e. The molecule has 7 rings (SSSR count). The van der Waals surface area contributed by atoms with Crippen molar-refractivity contribution >= 4 is 33.9 Å². The van der Waals surface area contributed by atoms with E-state index in [1.807, 2.05) is 60.4 Å². The molecule has 9 heteroatoms. The Hall–Kier alpha value is -4.40. The van der Waals surface area contributed by atoms with E-state index in [0.717, 1.165) is 59.8 Å². The Morgan fingerprint density at radius 2 is 2.00 bits per heavy atom. The van der Waals surface area contributed by atoms with Crippen molar-refractivity contribution in [3.8, 4) is 23.0 Å². The van der Waals surface area contributed by atoms with Gasteiger partial charge in [-0.3, -0.25) is 9.89 Å². The molecule has 0 bridgehead atoms. The minimum Gasteiger partial charge on any atom is -0.456 e. The average molecular weight is 509 g/mol. The van der Waals surface area contributed by atoms with Gasteiger partial charge in [-0.05, 0) is 68.5 Å². The molecule has 1 unspecified atom stereocenters. The third kappa shape index (κ3) is 4.23. The fourth-order valence-corrected chi connectivity index (χ4v) is 5.19. The molecular formula is C29H28N6O3. The maximum atomic E-state index is 12.6. The molecule has 1 saturated heterocycles. The Labute approximate surface area is 219 Å². The second kappa shape index (κ2) is 9.16. The van der Waals surface area contributed by atoms with Crippen LogP contribution in [0.15, 0.2) is 59.1 Å². The number of aryl methyl sites for hydroxylation is 1. The number of hydrogen-bond donors (Lipinski definition) is 2. The van der Waals surface area contributed by atoms with Crippen LogP contribution in [0.1, 0.15) is 31.2 Å². The molecule has 1 aliphatic heterocycles. The predicted octanol–water partition coefficient (Wildman–Crippen LogP) is 5.68. The lowest BCUT2D eigenvalue weighted by atomic mass is 10.0. The lowest BCUT2D eigenvalue weighted by Crippen LogP contribution is -2.45. The second-order valence-corrected chi connectivity index (χ2v) is 10.2. The number of para-hydroxylation sites is 1. The number of oxazole rings is 1. The fraction of sp³-hybridized carbons (Fsp3) is 0.310. The molecule has 1 saturated carbocycles. The number of carbonyl (C=O) groups is 1. The van der Waals surface area contributed by atoms with Crippen LogP contribution >= 0.6 is 0 Å². The maximum absolute atomic E-state index is 12.6. The number of aromatic amines is 1. The van der Waals surface area contributed by atoms with Crippen LogP contribution in [0.3, 0.4) is 0 Å². The molecule has 1 amide bonds. The van der Waals surface area contributed by atoms with Crippen molar-refractivity contribution in [2.45, 2.75) is 38.6 Å². The summed E-state index contributed by atoms with van der Waals surface area (Å²) >= 11 is 0. The SMILES string of the molecule is Cc1cccc2nc(-c3ccc(Oc4ccnc5[nH]nc(NC6CCCN(C(=O)C7CC7)C6)c45)cc3)oc12. The van der Waals surface area contributed by atoms with E-state index in [1.54, 1.807) is 6.20 Å². The van der Waals surface area contributed by atoms with Gasteiger partial charge in [-0.25, -0.2) is 9.97 Å². The average Bonchev–Trinajstić information content (AvgIpc) is 3.56. The number of aromatic nitrogens is 4. The van der Waals surface area contributed by atoms with E-state index in [2.05, 4.69) is 25.5 Å². The lowest BCUT2D eigenvalue weighted by molar-refractivity contribution is -0.133. The van der Waals surface area contributed by atoms with Crippen LogP contribution in [0.5, 0.6) is 11.5 Å². The summed E-state index contributed by atoms with van der Waals surface area (Å²) in [4.78, 5) is 23.6. The number of H-pyrrole nitrogens is 1. The summed E-state index contributed by atoms with van der Waals surface area (Å²) in [6, 6.07) is 15.6. The number of ether oxygens (including phenoxy) is 1. The van der Waals surface area contributed by atoms with Crippen LogP contribution in [-0.2, 0) is 4.79 Å². The quantitative estimate of drug-likeness (QED) is 0.304. The summed E-state index contributed by atoms with van der Waals surface area (Å²) in [6.45, 7) is 3.54. The summed E-state index contributed by atoms with van der Waals surface area (Å²) in [7, 11) is 0. The number of nitrogens with zero attached hydrogens (tertiary/aromatic N) is 4. The topological polar surface area (TPSA) is 109 Å². The summed E-state index contributed by atoms with van der Waals surface area (Å²) in [5.74, 6) is 3.13. The first kappa shape index (κ1) is 22.8. The molecule has 2 N–H and O–H groups in total. The van der Waals surface area contributed by atoms with Gasteiger partial charge in [-0.1, -0.05) is 12.1 Å². The largest absolute Gasteiger partial charge is 0.456 e. The molecule has 38 heavy (non-hydrogen) atoms. The first-order chi connectivity index (χ1) is 18.6. The Bertz CT molecular complexity index is 1640. The van der Waals surface area contributed by atoms with Crippen LogP contribution in [0, 0.1) is 12.8 Å². The van der Waals surface area contributed by atoms with Crippen molar-refractivity contribution in [2.75, 3.05) is 18.4 Å². The molecule has 0 radical (unpaired) electrons. The molecular weight excluding hydrogens is 480 g/mol. The number of carbonyl (C=O) groups excluding carboxylic acids is 1. The van der Waals surface area contributed by atoms with Crippen molar-refractivity contribution in [3.63, 3.8) is 0 Å². The zero-order chi connectivity index (χ0) is 25.6. The Balaban J connectivity index is 1.11.